The van der Waals surface area contributed by atoms with Gasteiger partial charge >= 0.3 is 0 Å². The van der Waals surface area contributed by atoms with Crippen LogP contribution in [0, 0.1) is 3.01 Å². The first-order valence-corrected chi connectivity index (χ1v) is 6.77. The first kappa shape index (κ1) is 9.72. The number of rotatable bonds is 1. The number of hydrogen-bond acceptors (Lipinski definition) is 3. The third-order valence-corrected chi connectivity index (χ3v) is 4.21. The van der Waals surface area contributed by atoms with Crippen molar-refractivity contribution in [2.24, 2.45) is 0 Å². The SMILES string of the molecule is Ic1nc(C2CCc3ccccc32)ns1. The summed E-state index contributed by atoms with van der Waals surface area (Å²) >= 11 is 3.72. The normalized spacial score (nSPS) is 19.1. The quantitative estimate of drug-likeness (QED) is 0.751. The maximum absolute atomic E-state index is 4.49. The molecule has 0 saturated heterocycles. The third kappa shape index (κ3) is 1.69. The fourth-order valence-corrected chi connectivity index (χ4v) is 3.20. The summed E-state index contributed by atoms with van der Waals surface area (Å²) in [5.74, 6) is 1.44. The molecule has 1 aromatic carbocycles. The van der Waals surface area contributed by atoms with E-state index in [1.165, 1.54) is 22.7 Å². The van der Waals surface area contributed by atoms with Crippen molar-refractivity contribution in [2.45, 2.75) is 18.8 Å². The van der Waals surface area contributed by atoms with Crippen LogP contribution in [0.4, 0.5) is 0 Å². The molecule has 0 saturated carbocycles. The highest BCUT2D eigenvalue weighted by atomic mass is 127. The van der Waals surface area contributed by atoms with Crippen molar-refractivity contribution in [2.75, 3.05) is 0 Å². The van der Waals surface area contributed by atoms with Gasteiger partial charge in [-0.25, -0.2) is 4.98 Å². The van der Waals surface area contributed by atoms with Crippen LogP contribution in [0.2, 0.25) is 0 Å². The van der Waals surface area contributed by atoms with E-state index in [0.29, 0.717) is 5.92 Å². The molecule has 4 heteroatoms. The zero-order valence-corrected chi connectivity index (χ0v) is 11.0. The van der Waals surface area contributed by atoms with E-state index < -0.39 is 0 Å². The van der Waals surface area contributed by atoms with Gasteiger partial charge < -0.3 is 0 Å². The smallest absolute Gasteiger partial charge is 0.173 e. The molecule has 1 aromatic heterocycles. The van der Waals surface area contributed by atoms with E-state index in [9.17, 15) is 0 Å². The lowest BCUT2D eigenvalue weighted by Crippen LogP contribution is -1.98. The van der Waals surface area contributed by atoms with E-state index in [-0.39, 0.29) is 0 Å². The molecule has 0 N–H and O–H groups in total. The van der Waals surface area contributed by atoms with Crippen LogP contribution in [0.5, 0.6) is 0 Å². The molecule has 1 unspecified atom stereocenters. The monoisotopic (exact) mass is 328 g/mol. The van der Waals surface area contributed by atoms with Crippen molar-refractivity contribution >= 4 is 34.1 Å². The molecule has 0 radical (unpaired) electrons. The second-order valence-electron chi connectivity index (χ2n) is 3.70. The van der Waals surface area contributed by atoms with Crippen molar-refractivity contribution in [1.29, 1.82) is 0 Å². The molecule has 1 aliphatic rings. The summed E-state index contributed by atoms with van der Waals surface area (Å²) in [6.45, 7) is 0. The van der Waals surface area contributed by atoms with Crippen molar-refractivity contribution in [3.05, 3.63) is 44.2 Å². The summed E-state index contributed by atoms with van der Waals surface area (Å²) in [5.41, 5.74) is 2.89. The highest BCUT2D eigenvalue weighted by molar-refractivity contribution is 14.1. The van der Waals surface area contributed by atoms with Gasteiger partial charge in [0.25, 0.3) is 0 Å². The highest BCUT2D eigenvalue weighted by Gasteiger charge is 2.26. The van der Waals surface area contributed by atoms with E-state index in [1.807, 2.05) is 0 Å². The lowest BCUT2D eigenvalue weighted by Gasteiger charge is -2.05. The number of aromatic nitrogens is 2. The number of hydrogen-bond donors (Lipinski definition) is 0. The van der Waals surface area contributed by atoms with Crippen LogP contribution in [-0.2, 0) is 6.42 Å². The Morgan fingerprint density at radius 2 is 2.20 bits per heavy atom. The van der Waals surface area contributed by atoms with Gasteiger partial charge in [0.2, 0.25) is 0 Å². The standard InChI is InChI=1S/C11H9IN2S/c12-11-13-10(14-15-11)9-6-5-7-3-1-2-4-8(7)9/h1-4,9H,5-6H2. The maximum atomic E-state index is 4.49. The first-order valence-electron chi connectivity index (χ1n) is 4.91. The first-order chi connectivity index (χ1) is 7.34. The van der Waals surface area contributed by atoms with Gasteiger partial charge in [-0.3, -0.25) is 0 Å². The highest BCUT2D eigenvalue weighted by Crippen LogP contribution is 2.36. The van der Waals surface area contributed by atoms with Crippen LogP contribution in [0.3, 0.4) is 0 Å². The zero-order valence-electron chi connectivity index (χ0n) is 7.98. The summed E-state index contributed by atoms with van der Waals surface area (Å²) in [6.07, 6.45) is 2.32. The summed E-state index contributed by atoms with van der Waals surface area (Å²) < 4.78 is 5.45. The van der Waals surface area contributed by atoms with Crippen LogP contribution < -0.4 is 0 Å². The predicted octanol–water partition coefficient (Wildman–Crippen LogP) is 3.22. The molecule has 3 rings (SSSR count). The Morgan fingerprint density at radius 1 is 1.33 bits per heavy atom. The van der Waals surface area contributed by atoms with E-state index in [4.69, 9.17) is 0 Å². The number of benzene rings is 1. The Hall–Kier alpha value is -0.490. The molecule has 0 aliphatic heterocycles. The van der Waals surface area contributed by atoms with Crippen LogP contribution in [0.15, 0.2) is 24.3 Å². The predicted molar refractivity (Wildman–Crippen MR) is 69.2 cm³/mol. The zero-order chi connectivity index (χ0) is 10.3. The summed E-state index contributed by atoms with van der Waals surface area (Å²) in [4.78, 5) is 4.49. The lowest BCUT2D eigenvalue weighted by molar-refractivity contribution is 0.743. The van der Waals surface area contributed by atoms with Gasteiger partial charge in [-0.2, -0.15) is 4.37 Å². The number of fused-ring (bicyclic) bond motifs is 1. The second-order valence-corrected chi connectivity index (χ2v) is 6.20. The van der Waals surface area contributed by atoms with Gasteiger partial charge in [0.05, 0.1) is 0 Å². The Labute approximate surface area is 106 Å². The Kier molecular flexibility index (Phi) is 2.48. The molecule has 0 fully saturated rings. The van der Waals surface area contributed by atoms with E-state index in [0.717, 1.165) is 21.7 Å². The minimum Gasteiger partial charge on any atom is -0.213 e. The fourth-order valence-electron chi connectivity index (χ4n) is 2.18. The molecule has 0 amide bonds. The average molecular weight is 328 g/mol. The van der Waals surface area contributed by atoms with Gasteiger partial charge in [-0.1, -0.05) is 24.3 Å². The van der Waals surface area contributed by atoms with Crippen LogP contribution in [0.25, 0.3) is 0 Å². The molecule has 1 aliphatic carbocycles. The van der Waals surface area contributed by atoms with Crippen LogP contribution in [0.1, 0.15) is 29.3 Å². The molecular weight excluding hydrogens is 319 g/mol. The maximum Gasteiger partial charge on any atom is 0.173 e. The number of aryl methyl sites for hydroxylation is 1. The Balaban J connectivity index is 2.04. The summed E-state index contributed by atoms with van der Waals surface area (Å²) in [7, 11) is 0. The Morgan fingerprint density at radius 3 is 3.00 bits per heavy atom. The van der Waals surface area contributed by atoms with E-state index in [1.54, 1.807) is 0 Å². The van der Waals surface area contributed by atoms with Gasteiger partial charge in [0.15, 0.2) is 8.84 Å². The average Bonchev–Trinajstić information content (AvgIpc) is 2.83. The molecule has 76 valence electrons. The molecule has 0 spiro atoms. The Bertz CT molecular complexity index is 495. The van der Waals surface area contributed by atoms with Crippen molar-refractivity contribution < 1.29 is 0 Å². The van der Waals surface area contributed by atoms with Gasteiger partial charge in [0.1, 0.15) is 0 Å². The number of halogens is 1. The lowest BCUT2D eigenvalue weighted by atomic mass is 10.0. The van der Waals surface area contributed by atoms with Gasteiger partial charge in [-0.05, 0) is 58.1 Å². The molecule has 2 nitrogen and oxygen atoms in total. The topological polar surface area (TPSA) is 25.8 Å². The van der Waals surface area contributed by atoms with Crippen LogP contribution >= 0.6 is 34.1 Å². The molecule has 15 heavy (non-hydrogen) atoms. The third-order valence-electron chi connectivity index (χ3n) is 2.86. The summed E-state index contributed by atoms with van der Waals surface area (Å²) in [6, 6.07) is 8.64. The molecule has 1 heterocycles. The minimum atomic E-state index is 0.431. The fraction of sp³-hybridized carbons (Fsp3) is 0.273. The molecule has 2 aromatic rings. The van der Waals surface area contributed by atoms with Crippen molar-refractivity contribution in [3.8, 4) is 0 Å². The van der Waals surface area contributed by atoms with Crippen molar-refractivity contribution in [1.82, 2.24) is 9.36 Å². The second kappa shape index (κ2) is 3.83. The van der Waals surface area contributed by atoms with Crippen LogP contribution in [-0.4, -0.2) is 9.36 Å². The molecule has 0 bridgehead atoms. The minimum absolute atomic E-state index is 0.431. The van der Waals surface area contributed by atoms with E-state index in [2.05, 4.69) is 56.2 Å². The number of nitrogens with zero attached hydrogens (tertiary/aromatic N) is 2. The van der Waals surface area contributed by atoms with Gasteiger partial charge in [0, 0.05) is 5.92 Å². The van der Waals surface area contributed by atoms with Crippen molar-refractivity contribution in [3.63, 3.8) is 0 Å². The molecular formula is C11H9IN2S. The summed E-state index contributed by atoms with van der Waals surface area (Å²) in [5, 5.41) is 0. The van der Waals surface area contributed by atoms with E-state index >= 15 is 0 Å². The van der Waals surface area contributed by atoms with Gasteiger partial charge in [-0.15, -0.1) is 0 Å². The molecule has 1 atom stereocenters. The largest absolute Gasteiger partial charge is 0.213 e.